The normalized spacial score (nSPS) is 17.5. The first kappa shape index (κ1) is 10.8. The number of aromatic nitrogens is 1. The van der Waals surface area contributed by atoms with Crippen LogP contribution in [-0.2, 0) is 0 Å². The summed E-state index contributed by atoms with van der Waals surface area (Å²) in [6.07, 6.45) is 3.88. The molecule has 0 saturated heterocycles. The fourth-order valence-electron chi connectivity index (χ4n) is 3.07. The van der Waals surface area contributed by atoms with E-state index in [9.17, 15) is 0 Å². The number of para-hydroxylation sites is 1. The van der Waals surface area contributed by atoms with E-state index in [0.29, 0.717) is 5.92 Å². The molecule has 1 aromatic carbocycles. The van der Waals surface area contributed by atoms with Gasteiger partial charge in [-0.1, -0.05) is 18.2 Å². The van der Waals surface area contributed by atoms with Gasteiger partial charge in [-0.05, 0) is 56.2 Å². The van der Waals surface area contributed by atoms with E-state index in [2.05, 4.69) is 36.2 Å². The molecule has 3 N–H and O–H groups in total. The Labute approximate surface area is 102 Å². The maximum atomic E-state index is 5.79. The average Bonchev–Trinajstić information content (AvgIpc) is 3.10. The van der Waals surface area contributed by atoms with Crippen LogP contribution in [0.5, 0.6) is 0 Å². The summed E-state index contributed by atoms with van der Waals surface area (Å²) in [7, 11) is 0. The standard InChI is InChI=1S/C15H20N2/c1-10-15(12(8-9-16)11-6-7-11)13-4-2-3-5-14(13)17-10/h2-5,11-12,17H,6-9,16H2,1H3. The minimum Gasteiger partial charge on any atom is -0.358 e. The van der Waals surface area contributed by atoms with E-state index in [-0.39, 0.29) is 0 Å². The maximum absolute atomic E-state index is 5.79. The van der Waals surface area contributed by atoms with Crippen molar-refractivity contribution in [2.24, 2.45) is 11.7 Å². The Bertz CT molecular complexity index is 523. The molecule has 0 bridgehead atoms. The molecule has 90 valence electrons. The molecule has 1 unspecified atom stereocenters. The number of aryl methyl sites for hydroxylation is 1. The Hall–Kier alpha value is -1.28. The van der Waals surface area contributed by atoms with Crippen LogP contribution in [-0.4, -0.2) is 11.5 Å². The highest BCUT2D eigenvalue weighted by atomic mass is 14.7. The molecule has 1 saturated carbocycles. The molecule has 1 aliphatic rings. The van der Waals surface area contributed by atoms with Crippen molar-refractivity contribution in [2.75, 3.05) is 6.54 Å². The SMILES string of the molecule is Cc1[nH]c2ccccc2c1C(CCN)C1CC1. The van der Waals surface area contributed by atoms with E-state index in [4.69, 9.17) is 5.73 Å². The molecular formula is C15H20N2. The van der Waals surface area contributed by atoms with Gasteiger partial charge in [0.1, 0.15) is 0 Å². The summed E-state index contributed by atoms with van der Waals surface area (Å²) in [5, 5.41) is 1.40. The Morgan fingerprint density at radius 2 is 2.12 bits per heavy atom. The van der Waals surface area contributed by atoms with Gasteiger partial charge in [-0.15, -0.1) is 0 Å². The Kier molecular flexibility index (Phi) is 2.67. The molecule has 3 rings (SSSR count). The number of H-pyrrole nitrogens is 1. The van der Waals surface area contributed by atoms with Crippen LogP contribution in [0.3, 0.4) is 0 Å². The predicted molar refractivity (Wildman–Crippen MR) is 72.2 cm³/mol. The van der Waals surface area contributed by atoms with Gasteiger partial charge in [0.25, 0.3) is 0 Å². The summed E-state index contributed by atoms with van der Waals surface area (Å²) >= 11 is 0. The third kappa shape index (κ3) is 1.87. The third-order valence-corrected chi connectivity index (χ3v) is 3.98. The molecule has 1 aliphatic carbocycles. The van der Waals surface area contributed by atoms with Crippen molar-refractivity contribution in [2.45, 2.75) is 32.1 Å². The zero-order valence-electron chi connectivity index (χ0n) is 10.4. The van der Waals surface area contributed by atoms with Crippen molar-refractivity contribution in [1.82, 2.24) is 4.98 Å². The van der Waals surface area contributed by atoms with E-state index in [1.54, 1.807) is 0 Å². The zero-order chi connectivity index (χ0) is 11.8. The van der Waals surface area contributed by atoms with Gasteiger partial charge in [0.2, 0.25) is 0 Å². The van der Waals surface area contributed by atoms with Gasteiger partial charge in [0.05, 0.1) is 0 Å². The first-order valence-electron chi connectivity index (χ1n) is 6.58. The molecular weight excluding hydrogens is 208 g/mol. The first-order valence-corrected chi connectivity index (χ1v) is 6.58. The highest BCUT2D eigenvalue weighted by Crippen LogP contribution is 2.47. The molecule has 0 spiro atoms. The summed E-state index contributed by atoms with van der Waals surface area (Å²) in [5.41, 5.74) is 9.90. The quantitative estimate of drug-likeness (QED) is 0.828. The zero-order valence-corrected chi connectivity index (χ0v) is 10.4. The van der Waals surface area contributed by atoms with Gasteiger partial charge >= 0.3 is 0 Å². The van der Waals surface area contributed by atoms with Gasteiger partial charge in [-0.25, -0.2) is 0 Å². The molecule has 1 atom stereocenters. The Balaban J connectivity index is 2.10. The number of nitrogens with two attached hydrogens (primary N) is 1. The summed E-state index contributed by atoms with van der Waals surface area (Å²) in [6.45, 7) is 2.99. The monoisotopic (exact) mass is 228 g/mol. The lowest BCUT2D eigenvalue weighted by Crippen LogP contribution is -2.09. The van der Waals surface area contributed by atoms with Crippen molar-refractivity contribution in [1.29, 1.82) is 0 Å². The van der Waals surface area contributed by atoms with Crippen LogP contribution in [0.4, 0.5) is 0 Å². The summed E-state index contributed by atoms with van der Waals surface area (Å²) in [6, 6.07) is 8.63. The molecule has 2 aromatic rings. The van der Waals surface area contributed by atoms with Crippen LogP contribution >= 0.6 is 0 Å². The number of hydrogen-bond acceptors (Lipinski definition) is 1. The number of aromatic amines is 1. The van der Waals surface area contributed by atoms with E-state index in [0.717, 1.165) is 18.9 Å². The number of benzene rings is 1. The van der Waals surface area contributed by atoms with Crippen LogP contribution < -0.4 is 5.73 Å². The Morgan fingerprint density at radius 1 is 1.35 bits per heavy atom. The maximum Gasteiger partial charge on any atom is 0.0458 e. The summed E-state index contributed by atoms with van der Waals surface area (Å²) in [5.74, 6) is 1.53. The lowest BCUT2D eigenvalue weighted by Gasteiger charge is -2.16. The lowest BCUT2D eigenvalue weighted by molar-refractivity contribution is 0.566. The number of hydrogen-bond donors (Lipinski definition) is 2. The number of rotatable bonds is 4. The van der Waals surface area contributed by atoms with Crippen molar-refractivity contribution in [3.63, 3.8) is 0 Å². The van der Waals surface area contributed by atoms with Gasteiger partial charge < -0.3 is 10.7 Å². The van der Waals surface area contributed by atoms with Gasteiger partial charge in [0, 0.05) is 16.6 Å². The van der Waals surface area contributed by atoms with Crippen molar-refractivity contribution >= 4 is 10.9 Å². The number of nitrogens with one attached hydrogen (secondary N) is 1. The second-order valence-corrected chi connectivity index (χ2v) is 5.23. The second kappa shape index (κ2) is 4.19. The highest BCUT2D eigenvalue weighted by molar-refractivity contribution is 5.85. The van der Waals surface area contributed by atoms with E-state index in [1.807, 2.05) is 0 Å². The van der Waals surface area contributed by atoms with Crippen molar-refractivity contribution < 1.29 is 0 Å². The predicted octanol–water partition coefficient (Wildman–Crippen LogP) is 3.32. The highest BCUT2D eigenvalue weighted by Gasteiger charge is 2.33. The Morgan fingerprint density at radius 3 is 2.82 bits per heavy atom. The van der Waals surface area contributed by atoms with Gasteiger partial charge in [-0.3, -0.25) is 0 Å². The van der Waals surface area contributed by atoms with E-state index in [1.165, 1.54) is 35.0 Å². The van der Waals surface area contributed by atoms with Gasteiger partial charge in [-0.2, -0.15) is 0 Å². The average molecular weight is 228 g/mol. The van der Waals surface area contributed by atoms with Crippen molar-refractivity contribution in [3.8, 4) is 0 Å². The second-order valence-electron chi connectivity index (χ2n) is 5.23. The third-order valence-electron chi connectivity index (χ3n) is 3.98. The van der Waals surface area contributed by atoms with Crippen LogP contribution in [0.2, 0.25) is 0 Å². The van der Waals surface area contributed by atoms with Crippen LogP contribution in [0.1, 0.15) is 36.4 Å². The molecule has 2 nitrogen and oxygen atoms in total. The molecule has 1 heterocycles. The molecule has 0 amide bonds. The lowest BCUT2D eigenvalue weighted by atomic mass is 9.89. The van der Waals surface area contributed by atoms with E-state index >= 15 is 0 Å². The first-order chi connectivity index (χ1) is 8.31. The molecule has 0 aliphatic heterocycles. The minimum atomic E-state index is 0.663. The largest absolute Gasteiger partial charge is 0.358 e. The van der Waals surface area contributed by atoms with Crippen LogP contribution in [0.15, 0.2) is 24.3 Å². The number of fused-ring (bicyclic) bond motifs is 1. The van der Waals surface area contributed by atoms with Crippen LogP contribution in [0.25, 0.3) is 10.9 Å². The fourth-order valence-corrected chi connectivity index (χ4v) is 3.07. The summed E-state index contributed by atoms with van der Waals surface area (Å²) < 4.78 is 0. The van der Waals surface area contributed by atoms with Crippen molar-refractivity contribution in [3.05, 3.63) is 35.5 Å². The van der Waals surface area contributed by atoms with Crippen LogP contribution in [0, 0.1) is 12.8 Å². The summed E-state index contributed by atoms with van der Waals surface area (Å²) in [4.78, 5) is 3.51. The fraction of sp³-hybridized carbons (Fsp3) is 0.467. The molecule has 0 radical (unpaired) electrons. The molecule has 17 heavy (non-hydrogen) atoms. The van der Waals surface area contributed by atoms with Gasteiger partial charge in [0.15, 0.2) is 0 Å². The smallest absolute Gasteiger partial charge is 0.0458 e. The molecule has 1 aromatic heterocycles. The molecule has 2 heteroatoms. The topological polar surface area (TPSA) is 41.8 Å². The minimum absolute atomic E-state index is 0.663. The molecule has 1 fully saturated rings. The van der Waals surface area contributed by atoms with E-state index < -0.39 is 0 Å².